The topological polar surface area (TPSA) is 76.8 Å². The van der Waals surface area contributed by atoms with Crippen LogP contribution in [0.4, 0.5) is 5.69 Å². The molecule has 6 rings (SSSR count). The summed E-state index contributed by atoms with van der Waals surface area (Å²) in [6.07, 6.45) is 16.2. The minimum atomic E-state index is -0.411. The highest BCUT2D eigenvalue weighted by molar-refractivity contribution is 6.06. The van der Waals surface area contributed by atoms with Gasteiger partial charge in [-0.15, -0.1) is 0 Å². The number of aliphatic hydroxyl groups is 1. The molecule has 1 aromatic rings. The van der Waals surface area contributed by atoms with Crippen LogP contribution in [0, 0.1) is 45.8 Å². The van der Waals surface area contributed by atoms with Crippen LogP contribution in [0.25, 0.3) is 0 Å². The van der Waals surface area contributed by atoms with Crippen LogP contribution in [0.1, 0.15) is 83.6 Å². The molecule has 3 saturated carbocycles. The number of nitrogens with one attached hydrogen (secondary N) is 1. The lowest BCUT2D eigenvalue weighted by molar-refractivity contribution is -0.143. The summed E-state index contributed by atoms with van der Waals surface area (Å²) in [7, 11) is 3.99. The zero-order valence-electron chi connectivity index (χ0n) is 25.5. The van der Waals surface area contributed by atoms with E-state index in [0.29, 0.717) is 24.0 Å². The zero-order valence-corrected chi connectivity index (χ0v) is 25.5. The SMILES string of the molecule is CN=C1C=C2CCC3C(C(O)CC4(C)C(C(=O)CCC5=CCCCc6ccccc6N5C)CCC34)C2(C)CC1C=N. The average molecular weight is 556 g/mol. The van der Waals surface area contributed by atoms with Gasteiger partial charge in [0.2, 0.25) is 0 Å². The molecule has 3 fully saturated rings. The van der Waals surface area contributed by atoms with Crippen LogP contribution < -0.4 is 4.90 Å². The number of Topliss-reactive ketones (excluding diaryl/α,β-unsaturated/α-hetero) is 1. The number of ketones is 1. The molecular formula is C36H49N3O2. The van der Waals surface area contributed by atoms with E-state index in [4.69, 9.17) is 5.41 Å². The minimum absolute atomic E-state index is 0.0265. The van der Waals surface area contributed by atoms with Gasteiger partial charge in [-0.05, 0) is 110 Å². The van der Waals surface area contributed by atoms with Crippen LogP contribution in [0.15, 0.2) is 52.7 Å². The van der Waals surface area contributed by atoms with Crippen molar-refractivity contribution in [2.45, 2.75) is 90.6 Å². The summed E-state index contributed by atoms with van der Waals surface area (Å²) in [4.78, 5) is 20.8. The lowest BCUT2D eigenvalue weighted by Gasteiger charge is -2.60. The van der Waals surface area contributed by atoms with Crippen molar-refractivity contribution in [1.82, 2.24) is 0 Å². The van der Waals surface area contributed by atoms with E-state index in [2.05, 4.69) is 67.2 Å². The second-order valence-corrected chi connectivity index (χ2v) is 14.2. The standard InChI is InChI=1S/C36H49N3O2/c1-35-20-24(22-37)30(38-3)19-25(35)13-15-27-28-16-17-29(36(28,2)21-33(41)34(27)35)32(40)18-14-26-11-7-5-9-23-10-6-8-12-31(23)39(26)4/h6,8,10-12,19,22,24,27-29,33-34,37,41H,5,7,9,13-18,20-21H2,1-4H3. The third kappa shape index (κ3) is 4.67. The summed E-state index contributed by atoms with van der Waals surface area (Å²) in [5, 5.41) is 20.0. The summed E-state index contributed by atoms with van der Waals surface area (Å²) in [5.41, 5.74) is 6.13. The van der Waals surface area contributed by atoms with E-state index in [1.54, 1.807) is 6.21 Å². The maximum Gasteiger partial charge on any atom is 0.136 e. The molecule has 41 heavy (non-hydrogen) atoms. The number of nitrogens with zero attached hydrogens (tertiary/aromatic N) is 2. The Morgan fingerprint density at radius 3 is 2.76 bits per heavy atom. The van der Waals surface area contributed by atoms with E-state index in [-0.39, 0.29) is 28.6 Å². The van der Waals surface area contributed by atoms with Gasteiger partial charge >= 0.3 is 0 Å². The van der Waals surface area contributed by atoms with Crippen molar-refractivity contribution in [3.05, 3.63) is 53.3 Å². The first kappa shape index (κ1) is 28.6. The van der Waals surface area contributed by atoms with E-state index < -0.39 is 6.10 Å². The first-order chi connectivity index (χ1) is 19.7. The van der Waals surface area contributed by atoms with E-state index in [1.807, 2.05) is 7.05 Å². The van der Waals surface area contributed by atoms with Crippen molar-refractivity contribution in [2.75, 3.05) is 19.0 Å². The second-order valence-electron chi connectivity index (χ2n) is 14.2. The fourth-order valence-corrected chi connectivity index (χ4v) is 10.3. The number of carbonyl (C=O) groups excluding carboxylic acids is 1. The first-order valence-electron chi connectivity index (χ1n) is 16.1. The van der Waals surface area contributed by atoms with Gasteiger partial charge in [0, 0.05) is 55.7 Å². The number of anilines is 1. The molecule has 0 radical (unpaired) electrons. The number of hydrogen-bond acceptors (Lipinski definition) is 5. The Kier molecular flexibility index (Phi) is 7.63. The number of fused-ring (bicyclic) bond motifs is 6. The Hall–Kier alpha value is -2.53. The van der Waals surface area contributed by atoms with Crippen LogP contribution in [0.5, 0.6) is 0 Å². The van der Waals surface area contributed by atoms with Gasteiger partial charge in [-0.2, -0.15) is 0 Å². The minimum Gasteiger partial charge on any atom is -0.393 e. The number of benzene rings is 1. The third-order valence-electron chi connectivity index (χ3n) is 12.3. The summed E-state index contributed by atoms with van der Waals surface area (Å²) < 4.78 is 0. The molecule has 8 unspecified atom stereocenters. The Bertz CT molecular complexity index is 1300. The van der Waals surface area contributed by atoms with Gasteiger partial charge in [-0.3, -0.25) is 9.79 Å². The monoisotopic (exact) mass is 555 g/mol. The normalized spacial score (nSPS) is 39.3. The van der Waals surface area contributed by atoms with E-state index >= 15 is 0 Å². The number of allylic oxidation sites excluding steroid dienone is 4. The number of aliphatic imine (C=N–C) groups is 1. The maximum atomic E-state index is 14.0. The molecule has 8 atom stereocenters. The number of aliphatic hydroxyl groups excluding tert-OH is 1. The molecule has 0 saturated heterocycles. The third-order valence-corrected chi connectivity index (χ3v) is 12.3. The molecule has 1 aliphatic heterocycles. The van der Waals surface area contributed by atoms with Gasteiger partial charge in [0.05, 0.1) is 6.10 Å². The van der Waals surface area contributed by atoms with Gasteiger partial charge in [-0.1, -0.05) is 43.7 Å². The van der Waals surface area contributed by atoms with E-state index in [0.717, 1.165) is 69.9 Å². The lowest BCUT2D eigenvalue weighted by Crippen LogP contribution is -2.57. The molecule has 0 bridgehead atoms. The summed E-state index contributed by atoms with van der Waals surface area (Å²) >= 11 is 0. The summed E-state index contributed by atoms with van der Waals surface area (Å²) in [6.45, 7) is 4.68. The molecule has 0 amide bonds. The van der Waals surface area contributed by atoms with Gasteiger partial charge in [-0.25, -0.2) is 0 Å². The maximum absolute atomic E-state index is 14.0. The van der Waals surface area contributed by atoms with Crippen molar-refractivity contribution in [1.29, 1.82) is 5.41 Å². The van der Waals surface area contributed by atoms with Gasteiger partial charge in [0.15, 0.2) is 0 Å². The van der Waals surface area contributed by atoms with E-state index in [9.17, 15) is 9.90 Å². The predicted molar refractivity (Wildman–Crippen MR) is 168 cm³/mol. The average Bonchev–Trinajstić information content (AvgIpc) is 3.30. The lowest BCUT2D eigenvalue weighted by atomic mass is 9.45. The highest BCUT2D eigenvalue weighted by Crippen LogP contribution is 2.67. The molecule has 5 heteroatoms. The van der Waals surface area contributed by atoms with Crippen molar-refractivity contribution in [3.63, 3.8) is 0 Å². The molecule has 0 aromatic heterocycles. The van der Waals surface area contributed by atoms with Crippen LogP contribution >= 0.6 is 0 Å². The number of hydrogen-bond donors (Lipinski definition) is 2. The highest BCUT2D eigenvalue weighted by Gasteiger charge is 2.63. The number of aryl methyl sites for hydroxylation is 1. The zero-order chi connectivity index (χ0) is 28.9. The molecule has 2 N–H and O–H groups in total. The number of rotatable bonds is 5. The molecule has 5 nitrogen and oxygen atoms in total. The van der Waals surface area contributed by atoms with Crippen LogP contribution in [-0.2, 0) is 11.2 Å². The van der Waals surface area contributed by atoms with Gasteiger partial charge in [0.1, 0.15) is 5.78 Å². The predicted octanol–water partition coefficient (Wildman–Crippen LogP) is 7.19. The van der Waals surface area contributed by atoms with Crippen LogP contribution in [0.3, 0.4) is 0 Å². The van der Waals surface area contributed by atoms with Crippen molar-refractivity contribution < 1.29 is 9.90 Å². The molecule has 1 aromatic carbocycles. The molecule has 0 spiro atoms. The molecule has 5 aliphatic rings. The first-order valence-corrected chi connectivity index (χ1v) is 16.1. The number of carbonyl (C=O) groups is 1. The van der Waals surface area contributed by atoms with Gasteiger partial charge in [0.25, 0.3) is 0 Å². The fraction of sp³-hybridized carbons (Fsp3) is 0.639. The van der Waals surface area contributed by atoms with Crippen LogP contribution in [-0.4, -0.2) is 43.0 Å². The summed E-state index contributed by atoms with van der Waals surface area (Å²) in [6, 6.07) is 8.68. The van der Waals surface area contributed by atoms with Crippen LogP contribution in [0.2, 0.25) is 0 Å². The number of para-hydroxylation sites is 1. The molecular weight excluding hydrogens is 506 g/mol. The molecule has 220 valence electrons. The second kappa shape index (κ2) is 10.9. The smallest absolute Gasteiger partial charge is 0.136 e. The van der Waals surface area contributed by atoms with Crippen molar-refractivity contribution in [2.24, 2.45) is 45.4 Å². The summed E-state index contributed by atoms with van der Waals surface area (Å²) in [5.74, 6) is 1.59. The highest BCUT2D eigenvalue weighted by atomic mass is 16.3. The van der Waals surface area contributed by atoms with Crippen molar-refractivity contribution in [3.8, 4) is 0 Å². The Morgan fingerprint density at radius 1 is 1.17 bits per heavy atom. The fourth-order valence-electron chi connectivity index (χ4n) is 10.3. The molecule has 1 heterocycles. The van der Waals surface area contributed by atoms with E-state index in [1.165, 1.54) is 22.5 Å². The Morgan fingerprint density at radius 2 is 1.98 bits per heavy atom. The van der Waals surface area contributed by atoms with Gasteiger partial charge < -0.3 is 15.4 Å². The molecule has 4 aliphatic carbocycles. The largest absolute Gasteiger partial charge is 0.393 e. The Labute approximate surface area is 246 Å². The quantitative estimate of drug-likeness (QED) is 0.378. The van der Waals surface area contributed by atoms with Crippen molar-refractivity contribution >= 4 is 23.4 Å². The Balaban J connectivity index is 1.19.